The van der Waals surface area contributed by atoms with Crippen LogP contribution in [0.2, 0.25) is 5.02 Å². The van der Waals surface area contributed by atoms with Crippen LogP contribution in [0.15, 0.2) is 42.5 Å². The number of carbonyl (C=O) groups is 2. The number of methoxy groups -OCH3 is 1. The molecule has 0 aliphatic heterocycles. The molecule has 0 unspecified atom stereocenters. The van der Waals surface area contributed by atoms with Crippen LogP contribution in [0.3, 0.4) is 0 Å². The number of amides is 2. The highest BCUT2D eigenvalue weighted by atomic mass is 35.5. The van der Waals surface area contributed by atoms with Crippen molar-refractivity contribution in [3.8, 4) is 0 Å². The smallest absolute Gasteiger partial charge is 0.255 e. The van der Waals surface area contributed by atoms with E-state index in [-0.39, 0.29) is 10.9 Å². The number of anilines is 1. The summed E-state index contributed by atoms with van der Waals surface area (Å²) in [5.41, 5.74) is 1.02. The number of halogens is 2. The van der Waals surface area contributed by atoms with Crippen molar-refractivity contribution in [3.05, 3.63) is 64.4 Å². The summed E-state index contributed by atoms with van der Waals surface area (Å²) in [6.45, 7) is 0.775. The Morgan fingerprint density at radius 2 is 1.83 bits per heavy atom. The first-order valence-corrected chi connectivity index (χ1v) is 7.52. The Bertz CT molecular complexity index is 752. The molecule has 0 bridgehead atoms. The Morgan fingerprint density at radius 3 is 2.50 bits per heavy atom. The normalized spacial score (nSPS) is 10.3. The summed E-state index contributed by atoms with van der Waals surface area (Å²) in [4.78, 5) is 24.2. The van der Waals surface area contributed by atoms with E-state index in [4.69, 9.17) is 16.3 Å². The molecule has 2 rings (SSSR count). The summed E-state index contributed by atoms with van der Waals surface area (Å²) in [7, 11) is 1.54. The van der Waals surface area contributed by atoms with Gasteiger partial charge in [-0.05, 0) is 36.4 Å². The van der Waals surface area contributed by atoms with Gasteiger partial charge in [0.05, 0.1) is 11.6 Å². The number of hydrogen-bond acceptors (Lipinski definition) is 3. The molecule has 126 valence electrons. The Balaban J connectivity index is 2.08. The summed E-state index contributed by atoms with van der Waals surface area (Å²) in [5, 5.41) is 5.19. The highest BCUT2D eigenvalue weighted by molar-refractivity contribution is 6.31. The summed E-state index contributed by atoms with van der Waals surface area (Å²) in [6, 6.07) is 10.1. The predicted molar refractivity (Wildman–Crippen MR) is 90.0 cm³/mol. The second-order valence-corrected chi connectivity index (χ2v) is 5.32. The Hall–Kier alpha value is -2.44. The summed E-state index contributed by atoms with van der Waals surface area (Å²) in [6.07, 6.45) is 0. The Morgan fingerprint density at radius 1 is 1.12 bits per heavy atom. The van der Waals surface area contributed by atoms with Crippen molar-refractivity contribution in [2.75, 3.05) is 25.6 Å². The van der Waals surface area contributed by atoms with Crippen molar-refractivity contribution < 1.29 is 18.7 Å². The molecule has 0 fully saturated rings. The molecule has 0 atom stereocenters. The van der Waals surface area contributed by atoms with E-state index in [1.807, 2.05) is 0 Å². The van der Waals surface area contributed by atoms with Crippen LogP contribution in [-0.4, -0.2) is 32.1 Å². The molecule has 2 amide bonds. The van der Waals surface area contributed by atoms with Crippen LogP contribution >= 0.6 is 11.6 Å². The van der Waals surface area contributed by atoms with Crippen LogP contribution in [0.25, 0.3) is 0 Å². The van der Waals surface area contributed by atoms with Crippen LogP contribution in [0, 0.1) is 5.82 Å². The molecular formula is C17H16ClFN2O3. The fraction of sp³-hybridized carbons (Fsp3) is 0.176. The minimum atomic E-state index is -0.565. The zero-order valence-electron chi connectivity index (χ0n) is 12.9. The third-order valence-electron chi connectivity index (χ3n) is 3.16. The average Bonchev–Trinajstić information content (AvgIpc) is 2.58. The molecule has 0 spiro atoms. The highest BCUT2D eigenvalue weighted by Crippen LogP contribution is 2.20. The molecule has 0 saturated heterocycles. The SMILES string of the molecule is COCCNC(=O)c1cccc(C(=O)Nc2ccc(F)c(Cl)c2)c1. The molecule has 0 aliphatic carbocycles. The quantitative estimate of drug-likeness (QED) is 0.787. The van der Waals surface area contributed by atoms with Gasteiger partial charge in [0, 0.05) is 30.5 Å². The van der Waals surface area contributed by atoms with E-state index in [1.54, 1.807) is 25.3 Å². The first-order chi connectivity index (χ1) is 11.5. The maximum atomic E-state index is 13.1. The van der Waals surface area contributed by atoms with Gasteiger partial charge in [-0.2, -0.15) is 0 Å². The third-order valence-corrected chi connectivity index (χ3v) is 3.45. The van der Waals surface area contributed by atoms with Gasteiger partial charge in [0.2, 0.25) is 0 Å². The van der Waals surface area contributed by atoms with Crippen molar-refractivity contribution in [1.82, 2.24) is 5.32 Å². The number of rotatable bonds is 6. The van der Waals surface area contributed by atoms with Gasteiger partial charge >= 0.3 is 0 Å². The zero-order valence-corrected chi connectivity index (χ0v) is 13.7. The van der Waals surface area contributed by atoms with E-state index in [2.05, 4.69) is 10.6 Å². The molecule has 7 heteroatoms. The number of ether oxygens (including phenoxy) is 1. The molecule has 0 saturated carbocycles. The summed E-state index contributed by atoms with van der Waals surface area (Å²) in [5.74, 6) is -1.29. The first-order valence-electron chi connectivity index (χ1n) is 7.15. The molecule has 2 N–H and O–H groups in total. The molecule has 0 heterocycles. The van der Waals surface area contributed by atoms with Crippen LogP contribution in [-0.2, 0) is 4.74 Å². The number of hydrogen-bond donors (Lipinski definition) is 2. The minimum Gasteiger partial charge on any atom is -0.383 e. The van der Waals surface area contributed by atoms with Gasteiger partial charge in [-0.1, -0.05) is 17.7 Å². The molecular weight excluding hydrogens is 335 g/mol. The van der Waals surface area contributed by atoms with E-state index >= 15 is 0 Å². The van der Waals surface area contributed by atoms with Crippen molar-refractivity contribution >= 4 is 29.1 Å². The van der Waals surface area contributed by atoms with E-state index < -0.39 is 11.7 Å². The first kappa shape index (κ1) is 17.9. The number of carbonyl (C=O) groups excluding carboxylic acids is 2. The molecule has 2 aromatic carbocycles. The molecule has 2 aromatic rings. The zero-order chi connectivity index (χ0) is 17.5. The van der Waals surface area contributed by atoms with Crippen molar-refractivity contribution in [1.29, 1.82) is 0 Å². The Labute approximate surface area is 143 Å². The largest absolute Gasteiger partial charge is 0.383 e. The van der Waals surface area contributed by atoms with Crippen LogP contribution in [0.4, 0.5) is 10.1 Å². The standard InChI is InChI=1S/C17H16ClFN2O3/c1-24-8-7-20-16(22)11-3-2-4-12(9-11)17(23)21-13-5-6-15(19)14(18)10-13/h2-6,9-10H,7-8H2,1H3,(H,20,22)(H,21,23). The second kappa shape index (κ2) is 8.42. The summed E-state index contributed by atoms with van der Waals surface area (Å²) < 4.78 is 18.0. The number of nitrogens with one attached hydrogen (secondary N) is 2. The van der Waals surface area contributed by atoms with Gasteiger partial charge in [0.25, 0.3) is 11.8 Å². The minimum absolute atomic E-state index is 0.0842. The maximum absolute atomic E-state index is 13.1. The van der Waals surface area contributed by atoms with E-state index in [1.165, 1.54) is 18.2 Å². The fourth-order valence-electron chi connectivity index (χ4n) is 1.95. The van der Waals surface area contributed by atoms with Gasteiger partial charge in [0.15, 0.2) is 0 Å². The molecule has 0 aromatic heterocycles. The van der Waals surface area contributed by atoms with Crippen LogP contribution in [0.5, 0.6) is 0 Å². The van der Waals surface area contributed by atoms with Crippen molar-refractivity contribution in [2.45, 2.75) is 0 Å². The second-order valence-electron chi connectivity index (χ2n) is 4.91. The van der Waals surface area contributed by atoms with Crippen molar-refractivity contribution in [3.63, 3.8) is 0 Å². The van der Waals surface area contributed by atoms with E-state index in [0.29, 0.717) is 30.0 Å². The van der Waals surface area contributed by atoms with Gasteiger partial charge < -0.3 is 15.4 Å². The highest BCUT2D eigenvalue weighted by Gasteiger charge is 2.11. The molecule has 0 aliphatic rings. The molecule has 0 radical (unpaired) electrons. The van der Waals surface area contributed by atoms with E-state index in [0.717, 1.165) is 6.07 Å². The van der Waals surface area contributed by atoms with Gasteiger partial charge in [-0.3, -0.25) is 9.59 Å². The lowest BCUT2D eigenvalue weighted by molar-refractivity contribution is 0.0937. The van der Waals surface area contributed by atoms with Gasteiger partial charge in [0.1, 0.15) is 5.82 Å². The maximum Gasteiger partial charge on any atom is 0.255 e. The van der Waals surface area contributed by atoms with Crippen LogP contribution in [0.1, 0.15) is 20.7 Å². The summed E-state index contributed by atoms with van der Waals surface area (Å²) >= 11 is 5.68. The third kappa shape index (κ3) is 4.78. The number of benzene rings is 2. The monoisotopic (exact) mass is 350 g/mol. The Kier molecular flexibility index (Phi) is 6.28. The lowest BCUT2D eigenvalue weighted by Gasteiger charge is -2.08. The molecule has 5 nitrogen and oxygen atoms in total. The predicted octanol–water partition coefficient (Wildman–Crippen LogP) is 3.11. The van der Waals surface area contributed by atoms with Gasteiger partial charge in [-0.25, -0.2) is 4.39 Å². The lowest BCUT2D eigenvalue weighted by Crippen LogP contribution is -2.27. The molecule has 24 heavy (non-hydrogen) atoms. The van der Waals surface area contributed by atoms with Gasteiger partial charge in [-0.15, -0.1) is 0 Å². The van der Waals surface area contributed by atoms with E-state index in [9.17, 15) is 14.0 Å². The average molecular weight is 351 g/mol. The van der Waals surface area contributed by atoms with Crippen LogP contribution < -0.4 is 10.6 Å². The topological polar surface area (TPSA) is 67.4 Å². The van der Waals surface area contributed by atoms with Crippen molar-refractivity contribution in [2.24, 2.45) is 0 Å². The fourth-order valence-corrected chi connectivity index (χ4v) is 2.13. The lowest BCUT2D eigenvalue weighted by atomic mass is 10.1.